The molecule has 0 bridgehead atoms. The van der Waals surface area contributed by atoms with Gasteiger partial charge >= 0.3 is 0 Å². The molecule has 16 heavy (non-hydrogen) atoms. The highest BCUT2D eigenvalue weighted by atomic mass is 16.5. The maximum Gasteiger partial charge on any atom is 0.0619 e. The summed E-state index contributed by atoms with van der Waals surface area (Å²) in [5.41, 5.74) is 2.52. The molecule has 1 aromatic heterocycles. The maximum atomic E-state index is 5.44. The summed E-state index contributed by atoms with van der Waals surface area (Å²) in [6.07, 6.45) is 5.30. The fourth-order valence-electron chi connectivity index (χ4n) is 2.10. The number of aromatic nitrogens is 1. The van der Waals surface area contributed by atoms with E-state index in [2.05, 4.69) is 23.3 Å². The summed E-state index contributed by atoms with van der Waals surface area (Å²) in [4.78, 5) is 4.43. The van der Waals surface area contributed by atoms with Gasteiger partial charge in [-0.25, -0.2) is 0 Å². The zero-order valence-electron chi connectivity index (χ0n) is 9.91. The number of pyridine rings is 1. The van der Waals surface area contributed by atoms with Crippen LogP contribution in [0.15, 0.2) is 18.3 Å². The minimum Gasteiger partial charge on any atom is -0.380 e. The minimum atomic E-state index is 0.500. The molecular weight excluding hydrogens is 200 g/mol. The lowest BCUT2D eigenvalue weighted by Gasteiger charge is -2.23. The van der Waals surface area contributed by atoms with Crippen molar-refractivity contribution in [1.82, 2.24) is 10.3 Å². The Hall–Kier alpha value is -0.930. The van der Waals surface area contributed by atoms with E-state index >= 15 is 0 Å². The lowest BCUT2D eigenvalue weighted by Crippen LogP contribution is -2.36. The number of aryl methyl sites for hydroxylation is 1. The molecule has 1 aromatic rings. The van der Waals surface area contributed by atoms with Crippen LogP contribution in [0.3, 0.4) is 0 Å². The van der Waals surface area contributed by atoms with Gasteiger partial charge in [-0.05, 0) is 30.9 Å². The van der Waals surface area contributed by atoms with Gasteiger partial charge in [0.1, 0.15) is 0 Å². The molecule has 2 rings (SSSR count). The molecule has 1 N–H and O–H groups in total. The van der Waals surface area contributed by atoms with Crippen LogP contribution >= 0.6 is 0 Å². The van der Waals surface area contributed by atoms with Crippen molar-refractivity contribution in [3.05, 3.63) is 29.6 Å². The summed E-state index contributed by atoms with van der Waals surface area (Å²) in [5, 5.41) is 3.53. The van der Waals surface area contributed by atoms with Gasteiger partial charge in [0.2, 0.25) is 0 Å². The Balaban J connectivity index is 1.88. The predicted molar refractivity (Wildman–Crippen MR) is 64.3 cm³/mol. The van der Waals surface area contributed by atoms with Crippen LogP contribution in [-0.2, 0) is 17.7 Å². The number of ether oxygens (including phenoxy) is 1. The number of hydrogen-bond acceptors (Lipinski definition) is 3. The second-order valence-corrected chi connectivity index (χ2v) is 4.26. The average Bonchev–Trinajstić information content (AvgIpc) is 2.38. The highest BCUT2D eigenvalue weighted by Gasteiger charge is 2.13. The summed E-state index contributed by atoms with van der Waals surface area (Å²) < 4.78 is 5.44. The standard InChI is InChI=1S/C13H20N2O/c1-2-11-5-3-7-14-13(11)9-15-12-6-4-8-16-10-12/h3,5,7,12,15H,2,4,6,8-10H2,1H3. The zero-order chi connectivity index (χ0) is 11.2. The Labute approximate surface area is 97.2 Å². The molecule has 1 aliphatic heterocycles. The van der Waals surface area contributed by atoms with Crippen LogP contribution in [0.4, 0.5) is 0 Å². The smallest absolute Gasteiger partial charge is 0.0619 e. The van der Waals surface area contributed by atoms with E-state index in [0.29, 0.717) is 6.04 Å². The molecule has 3 heteroatoms. The van der Waals surface area contributed by atoms with Crippen molar-refractivity contribution in [2.75, 3.05) is 13.2 Å². The third-order valence-electron chi connectivity index (χ3n) is 3.08. The lowest BCUT2D eigenvalue weighted by atomic mass is 10.1. The molecule has 1 atom stereocenters. The SMILES string of the molecule is CCc1cccnc1CNC1CCCOC1. The Kier molecular flexibility index (Phi) is 4.31. The van der Waals surface area contributed by atoms with E-state index in [1.807, 2.05) is 12.3 Å². The van der Waals surface area contributed by atoms with E-state index in [0.717, 1.165) is 26.2 Å². The van der Waals surface area contributed by atoms with E-state index in [1.165, 1.54) is 24.1 Å². The minimum absolute atomic E-state index is 0.500. The molecule has 0 saturated carbocycles. The van der Waals surface area contributed by atoms with Gasteiger partial charge in [-0.1, -0.05) is 13.0 Å². The molecule has 0 aromatic carbocycles. The van der Waals surface area contributed by atoms with Crippen LogP contribution in [0.2, 0.25) is 0 Å². The molecular formula is C13H20N2O. The molecule has 88 valence electrons. The van der Waals surface area contributed by atoms with E-state index in [-0.39, 0.29) is 0 Å². The number of rotatable bonds is 4. The van der Waals surface area contributed by atoms with Gasteiger partial charge in [-0.2, -0.15) is 0 Å². The Morgan fingerprint density at radius 2 is 2.50 bits per heavy atom. The van der Waals surface area contributed by atoms with Gasteiger partial charge in [0.05, 0.1) is 12.3 Å². The van der Waals surface area contributed by atoms with Crippen LogP contribution in [0.25, 0.3) is 0 Å². The zero-order valence-corrected chi connectivity index (χ0v) is 9.91. The second kappa shape index (κ2) is 5.97. The summed E-state index contributed by atoms with van der Waals surface area (Å²) in [5.74, 6) is 0. The van der Waals surface area contributed by atoms with Crippen LogP contribution in [0, 0.1) is 0 Å². The van der Waals surface area contributed by atoms with E-state index in [9.17, 15) is 0 Å². The first kappa shape index (κ1) is 11.6. The van der Waals surface area contributed by atoms with Crippen molar-refractivity contribution in [1.29, 1.82) is 0 Å². The maximum absolute atomic E-state index is 5.44. The van der Waals surface area contributed by atoms with Crippen molar-refractivity contribution < 1.29 is 4.74 Å². The molecule has 0 radical (unpaired) electrons. The molecule has 2 heterocycles. The summed E-state index contributed by atoms with van der Waals surface area (Å²) >= 11 is 0. The van der Waals surface area contributed by atoms with Crippen molar-refractivity contribution in [3.63, 3.8) is 0 Å². The van der Waals surface area contributed by atoms with Crippen molar-refractivity contribution in [2.45, 2.75) is 38.8 Å². The van der Waals surface area contributed by atoms with Crippen LogP contribution in [-0.4, -0.2) is 24.2 Å². The van der Waals surface area contributed by atoms with Gasteiger partial charge in [-0.3, -0.25) is 4.98 Å². The number of nitrogens with one attached hydrogen (secondary N) is 1. The van der Waals surface area contributed by atoms with Crippen LogP contribution in [0.1, 0.15) is 31.0 Å². The molecule has 0 amide bonds. The largest absolute Gasteiger partial charge is 0.380 e. The highest BCUT2D eigenvalue weighted by Crippen LogP contribution is 2.09. The Morgan fingerprint density at radius 3 is 3.25 bits per heavy atom. The highest BCUT2D eigenvalue weighted by molar-refractivity contribution is 5.19. The fourth-order valence-corrected chi connectivity index (χ4v) is 2.10. The topological polar surface area (TPSA) is 34.2 Å². The quantitative estimate of drug-likeness (QED) is 0.841. The molecule has 1 fully saturated rings. The number of hydrogen-bond donors (Lipinski definition) is 1. The summed E-state index contributed by atoms with van der Waals surface area (Å²) in [7, 11) is 0. The first-order chi connectivity index (χ1) is 7.90. The Bertz CT molecular complexity index is 321. The number of nitrogens with zero attached hydrogens (tertiary/aromatic N) is 1. The third kappa shape index (κ3) is 3.03. The first-order valence-electron chi connectivity index (χ1n) is 6.14. The van der Waals surface area contributed by atoms with Gasteiger partial charge in [0.25, 0.3) is 0 Å². The lowest BCUT2D eigenvalue weighted by molar-refractivity contribution is 0.0698. The summed E-state index contributed by atoms with van der Waals surface area (Å²) in [6, 6.07) is 4.66. The first-order valence-corrected chi connectivity index (χ1v) is 6.14. The normalized spacial score (nSPS) is 20.9. The Morgan fingerprint density at radius 1 is 1.56 bits per heavy atom. The van der Waals surface area contributed by atoms with Crippen molar-refractivity contribution in [2.24, 2.45) is 0 Å². The van der Waals surface area contributed by atoms with Gasteiger partial charge in [0, 0.05) is 25.4 Å². The van der Waals surface area contributed by atoms with E-state index in [1.54, 1.807) is 0 Å². The molecule has 3 nitrogen and oxygen atoms in total. The molecule has 1 saturated heterocycles. The monoisotopic (exact) mass is 220 g/mol. The molecule has 1 unspecified atom stereocenters. The molecule has 0 spiro atoms. The van der Waals surface area contributed by atoms with Gasteiger partial charge < -0.3 is 10.1 Å². The predicted octanol–water partition coefficient (Wildman–Crippen LogP) is 1.91. The van der Waals surface area contributed by atoms with Crippen molar-refractivity contribution in [3.8, 4) is 0 Å². The van der Waals surface area contributed by atoms with E-state index in [4.69, 9.17) is 4.74 Å². The average molecular weight is 220 g/mol. The van der Waals surface area contributed by atoms with Crippen LogP contribution < -0.4 is 5.32 Å². The van der Waals surface area contributed by atoms with Gasteiger partial charge in [-0.15, -0.1) is 0 Å². The van der Waals surface area contributed by atoms with Crippen molar-refractivity contribution >= 4 is 0 Å². The van der Waals surface area contributed by atoms with E-state index < -0.39 is 0 Å². The third-order valence-corrected chi connectivity index (χ3v) is 3.08. The molecule has 0 aliphatic carbocycles. The second-order valence-electron chi connectivity index (χ2n) is 4.26. The summed E-state index contributed by atoms with van der Waals surface area (Å²) in [6.45, 7) is 4.79. The van der Waals surface area contributed by atoms with Crippen LogP contribution in [0.5, 0.6) is 0 Å². The molecule has 1 aliphatic rings. The fraction of sp³-hybridized carbons (Fsp3) is 0.615. The van der Waals surface area contributed by atoms with Gasteiger partial charge in [0.15, 0.2) is 0 Å².